The first kappa shape index (κ1) is 23.2. The summed E-state index contributed by atoms with van der Waals surface area (Å²) in [7, 11) is 2.62. The van der Waals surface area contributed by atoms with Crippen molar-refractivity contribution in [3.8, 4) is 0 Å². The lowest BCUT2D eigenvalue weighted by atomic mass is 10.1. The first-order valence-corrected chi connectivity index (χ1v) is 9.99. The standard InChI is InChI=1S/2C11H12N2O3/c2*1-15-11(14)10-12-5-2-9(13-10)8-3-6-16-7-4-8/h2*2-3,5H,4,6-7H2,1H3. The van der Waals surface area contributed by atoms with Gasteiger partial charge in [-0.1, -0.05) is 12.2 Å². The van der Waals surface area contributed by atoms with Gasteiger partial charge in [-0.2, -0.15) is 0 Å². The summed E-state index contributed by atoms with van der Waals surface area (Å²) < 4.78 is 19.6. The van der Waals surface area contributed by atoms with Crippen molar-refractivity contribution in [2.75, 3.05) is 40.6 Å². The Hall–Kier alpha value is -3.50. The molecule has 4 rings (SSSR count). The Morgan fingerprint density at radius 3 is 1.56 bits per heavy atom. The maximum Gasteiger partial charge on any atom is 0.376 e. The normalized spacial score (nSPS) is 15.4. The molecular formula is C22H24N4O6. The predicted octanol–water partition coefficient (Wildman–Crippen LogP) is 2.13. The average Bonchev–Trinajstić information content (AvgIpc) is 2.89. The molecular weight excluding hydrogens is 416 g/mol. The first-order chi connectivity index (χ1) is 15.6. The van der Waals surface area contributed by atoms with E-state index in [9.17, 15) is 9.59 Å². The van der Waals surface area contributed by atoms with E-state index in [1.807, 2.05) is 12.2 Å². The van der Waals surface area contributed by atoms with Crippen LogP contribution in [-0.2, 0) is 18.9 Å². The van der Waals surface area contributed by atoms with Crippen LogP contribution in [0.3, 0.4) is 0 Å². The minimum atomic E-state index is -0.519. The van der Waals surface area contributed by atoms with Crippen molar-refractivity contribution in [2.24, 2.45) is 0 Å². The number of carbonyl (C=O) groups excluding carboxylic acids is 2. The lowest BCUT2D eigenvalue weighted by Gasteiger charge is -2.12. The van der Waals surface area contributed by atoms with Crippen LogP contribution in [0.15, 0.2) is 36.7 Å². The maximum atomic E-state index is 11.3. The molecule has 0 atom stereocenters. The predicted molar refractivity (Wildman–Crippen MR) is 114 cm³/mol. The van der Waals surface area contributed by atoms with Crippen molar-refractivity contribution in [3.63, 3.8) is 0 Å². The molecule has 0 spiro atoms. The average molecular weight is 440 g/mol. The zero-order chi connectivity index (χ0) is 22.8. The Kier molecular flexibility index (Phi) is 8.52. The molecule has 10 nitrogen and oxygen atoms in total. The summed E-state index contributed by atoms with van der Waals surface area (Å²) in [6.07, 6.45) is 8.66. The number of rotatable bonds is 4. The van der Waals surface area contributed by atoms with Gasteiger partial charge >= 0.3 is 11.9 Å². The number of aromatic nitrogens is 4. The second-order valence-electron chi connectivity index (χ2n) is 6.62. The molecule has 0 amide bonds. The van der Waals surface area contributed by atoms with Crippen LogP contribution in [0, 0.1) is 0 Å². The molecule has 0 aromatic carbocycles. The number of methoxy groups -OCH3 is 2. The minimum absolute atomic E-state index is 0.0902. The van der Waals surface area contributed by atoms with Crippen LogP contribution in [0.25, 0.3) is 11.1 Å². The summed E-state index contributed by atoms with van der Waals surface area (Å²) in [6, 6.07) is 3.56. The van der Waals surface area contributed by atoms with Gasteiger partial charge in [0.1, 0.15) is 0 Å². The van der Waals surface area contributed by atoms with Crippen molar-refractivity contribution in [1.29, 1.82) is 0 Å². The number of ether oxygens (including phenoxy) is 4. The molecule has 0 unspecified atom stereocenters. The number of hydrogen-bond donors (Lipinski definition) is 0. The molecule has 0 N–H and O–H groups in total. The summed E-state index contributed by atoms with van der Waals surface area (Å²) in [5.74, 6) is -0.858. The van der Waals surface area contributed by atoms with E-state index in [1.165, 1.54) is 14.2 Å². The molecule has 0 aliphatic carbocycles. The van der Waals surface area contributed by atoms with E-state index >= 15 is 0 Å². The molecule has 32 heavy (non-hydrogen) atoms. The fourth-order valence-electron chi connectivity index (χ4n) is 2.97. The van der Waals surface area contributed by atoms with E-state index in [1.54, 1.807) is 24.5 Å². The number of esters is 2. The van der Waals surface area contributed by atoms with Gasteiger partial charge in [0.05, 0.1) is 52.0 Å². The Bertz CT molecular complexity index is 939. The lowest BCUT2D eigenvalue weighted by Crippen LogP contribution is -2.10. The van der Waals surface area contributed by atoms with Crippen molar-refractivity contribution < 1.29 is 28.5 Å². The van der Waals surface area contributed by atoms with Gasteiger partial charge in [0.15, 0.2) is 0 Å². The van der Waals surface area contributed by atoms with Crippen molar-refractivity contribution in [2.45, 2.75) is 12.8 Å². The third kappa shape index (κ3) is 6.25. The van der Waals surface area contributed by atoms with Crippen LogP contribution in [0.5, 0.6) is 0 Å². The number of nitrogens with zero attached hydrogens (tertiary/aromatic N) is 4. The van der Waals surface area contributed by atoms with Crippen LogP contribution >= 0.6 is 0 Å². The van der Waals surface area contributed by atoms with Gasteiger partial charge in [-0.3, -0.25) is 0 Å². The van der Waals surface area contributed by atoms with Gasteiger partial charge in [0.2, 0.25) is 11.6 Å². The summed E-state index contributed by atoms with van der Waals surface area (Å²) in [4.78, 5) is 38.6. The molecule has 2 aromatic heterocycles. The van der Waals surface area contributed by atoms with Crippen molar-refractivity contribution in [3.05, 3.63) is 59.7 Å². The third-order valence-electron chi connectivity index (χ3n) is 4.63. The van der Waals surface area contributed by atoms with E-state index in [2.05, 4.69) is 29.4 Å². The maximum absolute atomic E-state index is 11.3. The monoisotopic (exact) mass is 440 g/mol. The van der Waals surface area contributed by atoms with Crippen molar-refractivity contribution in [1.82, 2.24) is 19.9 Å². The lowest BCUT2D eigenvalue weighted by molar-refractivity contribution is 0.0578. The summed E-state index contributed by atoms with van der Waals surface area (Å²) in [6.45, 7) is 2.55. The highest BCUT2D eigenvalue weighted by Crippen LogP contribution is 2.19. The first-order valence-electron chi connectivity index (χ1n) is 9.99. The van der Waals surface area contributed by atoms with Gasteiger partial charge in [-0.15, -0.1) is 0 Å². The highest BCUT2D eigenvalue weighted by molar-refractivity contribution is 5.86. The van der Waals surface area contributed by atoms with E-state index in [4.69, 9.17) is 9.47 Å². The Morgan fingerprint density at radius 1 is 0.781 bits per heavy atom. The zero-order valence-corrected chi connectivity index (χ0v) is 17.9. The molecule has 0 fully saturated rings. The SMILES string of the molecule is COC(=O)c1nccc(C2=CCOCC2)n1.COC(=O)c1nccc(C2=CCOCC2)n1. The van der Waals surface area contributed by atoms with E-state index in [-0.39, 0.29) is 11.6 Å². The van der Waals surface area contributed by atoms with Gasteiger partial charge in [-0.25, -0.2) is 29.5 Å². The fraction of sp³-hybridized carbons (Fsp3) is 0.364. The number of carbonyl (C=O) groups is 2. The highest BCUT2D eigenvalue weighted by atomic mass is 16.5. The van der Waals surface area contributed by atoms with E-state index < -0.39 is 11.9 Å². The Labute approximate surface area is 185 Å². The van der Waals surface area contributed by atoms with Crippen LogP contribution in [0.2, 0.25) is 0 Å². The summed E-state index contributed by atoms with van der Waals surface area (Å²) in [5, 5.41) is 0. The highest BCUT2D eigenvalue weighted by Gasteiger charge is 2.14. The van der Waals surface area contributed by atoms with E-state index in [0.717, 1.165) is 35.4 Å². The molecule has 0 saturated carbocycles. The summed E-state index contributed by atoms with van der Waals surface area (Å²) in [5.41, 5.74) is 3.69. The van der Waals surface area contributed by atoms with Gasteiger partial charge in [0.25, 0.3) is 0 Å². The molecule has 10 heteroatoms. The van der Waals surface area contributed by atoms with Gasteiger partial charge in [-0.05, 0) is 36.1 Å². The smallest absolute Gasteiger partial charge is 0.376 e. The van der Waals surface area contributed by atoms with E-state index in [0.29, 0.717) is 26.4 Å². The van der Waals surface area contributed by atoms with Crippen LogP contribution in [-0.4, -0.2) is 72.5 Å². The zero-order valence-electron chi connectivity index (χ0n) is 17.9. The van der Waals surface area contributed by atoms with Crippen molar-refractivity contribution >= 4 is 23.1 Å². The number of hydrogen-bond acceptors (Lipinski definition) is 10. The summed E-state index contributed by atoms with van der Waals surface area (Å²) >= 11 is 0. The molecule has 0 bridgehead atoms. The molecule has 2 aliphatic heterocycles. The van der Waals surface area contributed by atoms with Gasteiger partial charge < -0.3 is 18.9 Å². The Balaban J connectivity index is 0.000000181. The second kappa shape index (κ2) is 11.8. The Morgan fingerprint density at radius 2 is 1.22 bits per heavy atom. The van der Waals surface area contributed by atoms with Crippen LogP contribution in [0.1, 0.15) is 45.5 Å². The largest absolute Gasteiger partial charge is 0.463 e. The molecule has 0 radical (unpaired) electrons. The third-order valence-corrected chi connectivity index (χ3v) is 4.63. The molecule has 168 valence electrons. The van der Waals surface area contributed by atoms with Crippen LogP contribution in [0.4, 0.5) is 0 Å². The molecule has 2 aliphatic rings. The molecule has 4 heterocycles. The van der Waals surface area contributed by atoms with Crippen LogP contribution < -0.4 is 0 Å². The molecule has 2 aromatic rings. The fourth-order valence-corrected chi connectivity index (χ4v) is 2.97. The minimum Gasteiger partial charge on any atom is -0.463 e. The second-order valence-corrected chi connectivity index (χ2v) is 6.62. The molecule has 0 saturated heterocycles. The quantitative estimate of drug-likeness (QED) is 0.653. The topological polar surface area (TPSA) is 123 Å². The van der Waals surface area contributed by atoms with Gasteiger partial charge in [0, 0.05) is 12.4 Å².